The molecule has 0 saturated heterocycles. The first-order chi connectivity index (χ1) is 10.5. The number of ether oxygens (including phenoxy) is 2. The monoisotopic (exact) mass is 363 g/mol. The van der Waals surface area contributed by atoms with Gasteiger partial charge in [-0.1, -0.05) is 22.0 Å². The van der Waals surface area contributed by atoms with E-state index in [4.69, 9.17) is 9.47 Å². The van der Waals surface area contributed by atoms with Crippen LogP contribution in [0.2, 0.25) is 0 Å². The van der Waals surface area contributed by atoms with Gasteiger partial charge in [0.2, 0.25) is 6.79 Å². The zero-order valence-corrected chi connectivity index (χ0v) is 13.4. The first-order valence-electron chi connectivity index (χ1n) is 6.73. The topological polar surface area (TPSA) is 67.8 Å². The molecule has 1 amide bonds. The molecule has 3 rings (SSSR count). The predicted octanol–water partition coefficient (Wildman–Crippen LogP) is 3.37. The highest BCUT2D eigenvalue weighted by Gasteiger charge is 2.18. The lowest BCUT2D eigenvalue weighted by Crippen LogP contribution is -2.26. The van der Waals surface area contributed by atoms with Crippen molar-refractivity contribution in [1.82, 2.24) is 5.32 Å². The summed E-state index contributed by atoms with van der Waals surface area (Å²) < 4.78 is 11.3. The highest BCUT2D eigenvalue weighted by atomic mass is 79.9. The molecular weight excluding hydrogens is 350 g/mol. The molecular formula is C16H14BrNO4. The minimum Gasteiger partial charge on any atom is -0.507 e. The van der Waals surface area contributed by atoms with Crippen LogP contribution in [0.4, 0.5) is 0 Å². The number of phenols is 1. The number of phenolic OH excluding ortho intramolecular Hbond substituents is 1. The van der Waals surface area contributed by atoms with Crippen molar-refractivity contribution in [1.29, 1.82) is 0 Å². The van der Waals surface area contributed by atoms with Gasteiger partial charge in [-0.3, -0.25) is 4.79 Å². The lowest BCUT2D eigenvalue weighted by Gasteiger charge is -2.15. The molecule has 114 valence electrons. The molecule has 6 heteroatoms. The molecule has 1 atom stereocenters. The van der Waals surface area contributed by atoms with Gasteiger partial charge in [0.25, 0.3) is 5.91 Å². The van der Waals surface area contributed by atoms with E-state index in [1.807, 2.05) is 25.1 Å². The maximum absolute atomic E-state index is 12.3. The molecule has 0 bridgehead atoms. The Balaban J connectivity index is 1.77. The quantitative estimate of drug-likeness (QED) is 0.876. The molecule has 0 aromatic heterocycles. The van der Waals surface area contributed by atoms with Gasteiger partial charge in [0.15, 0.2) is 11.5 Å². The predicted molar refractivity (Wildman–Crippen MR) is 84.3 cm³/mol. The number of hydrogen-bond donors (Lipinski definition) is 2. The van der Waals surface area contributed by atoms with E-state index in [9.17, 15) is 9.90 Å². The Morgan fingerprint density at radius 2 is 2.00 bits per heavy atom. The van der Waals surface area contributed by atoms with Crippen molar-refractivity contribution in [2.75, 3.05) is 6.79 Å². The maximum Gasteiger partial charge on any atom is 0.255 e. The average Bonchev–Trinajstić information content (AvgIpc) is 2.97. The fourth-order valence-corrected chi connectivity index (χ4v) is 2.59. The van der Waals surface area contributed by atoms with Crippen LogP contribution in [0.1, 0.15) is 28.9 Å². The smallest absolute Gasteiger partial charge is 0.255 e. The molecule has 0 fully saturated rings. The van der Waals surface area contributed by atoms with Crippen molar-refractivity contribution >= 4 is 21.8 Å². The normalized spacial score (nSPS) is 13.7. The van der Waals surface area contributed by atoms with Crippen LogP contribution in [0.5, 0.6) is 17.2 Å². The Morgan fingerprint density at radius 1 is 1.23 bits per heavy atom. The summed E-state index contributed by atoms with van der Waals surface area (Å²) in [6.45, 7) is 2.08. The fourth-order valence-electron chi connectivity index (χ4n) is 2.23. The molecule has 2 aromatic carbocycles. The van der Waals surface area contributed by atoms with Gasteiger partial charge in [-0.05, 0) is 42.8 Å². The molecule has 0 spiro atoms. The maximum atomic E-state index is 12.3. The Bertz CT molecular complexity index is 732. The molecule has 0 radical (unpaired) electrons. The van der Waals surface area contributed by atoms with Crippen molar-refractivity contribution in [3.63, 3.8) is 0 Å². The third-order valence-corrected chi connectivity index (χ3v) is 3.94. The van der Waals surface area contributed by atoms with Crippen LogP contribution in [0.25, 0.3) is 0 Å². The van der Waals surface area contributed by atoms with E-state index in [1.54, 1.807) is 12.1 Å². The standard InChI is InChI=1S/C16H14BrNO4/c1-9(10-2-5-14-15(6-10)22-8-21-14)18-16(20)12-7-11(17)3-4-13(12)19/h2-7,9,19H,8H2,1H3,(H,18,20). The number of carbonyl (C=O) groups is 1. The van der Waals surface area contributed by atoms with Gasteiger partial charge in [0.05, 0.1) is 11.6 Å². The molecule has 22 heavy (non-hydrogen) atoms. The first kappa shape index (κ1) is 14.7. The second-order valence-corrected chi connectivity index (χ2v) is 5.88. The van der Waals surface area contributed by atoms with Gasteiger partial charge in [-0.2, -0.15) is 0 Å². The number of benzene rings is 2. The number of fused-ring (bicyclic) bond motifs is 1. The molecule has 0 saturated carbocycles. The second kappa shape index (κ2) is 5.88. The minimum atomic E-state index is -0.344. The number of rotatable bonds is 3. The van der Waals surface area contributed by atoms with Crippen molar-refractivity contribution in [3.05, 3.63) is 52.0 Å². The number of halogens is 1. The number of amides is 1. The van der Waals surface area contributed by atoms with E-state index in [-0.39, 0.29) is 30.1 Å². The van der Waals surface area contributed by atoms with E-state index in [2.05, 4.69) is 21.2 Å². The van der Waals surface area contributed by atoms with E-state index < -0.39 is 0 Å². The fraction of sp³-hybridized carbons (Fsp3) is 0.188. The lowest BCUT2D eigenvalue weighted by molar-refractivity contribution is 0.0937. The summed E-state index contributed by atoms with van der Waals surface area (Å²) in [5, 5.41) is 12.7. The third-order valence-electron chi connectivity index (χ3n) is 3.45. The van der Waals surface area contributed by atoms with Crippen molar-refractivity contribution in [3.8, 4) is 17.2 Å². The van der Waals surface area contributed by atoms with Gasteiger partial charge in [-0.25, -0.2) is 0 Å². The number of hydrogen-bond acceptors (Lipinski definition) is 4. The van der Waals surface area contributed by atoms with E-state index in [0.29, 0.717) is 11.5 Å². The molecule has 2 aromatic rings. The first-order valence-corrected chi connectivity index (χ1v) is 7.53. The molecule has 0 aliphatic carbocycles. The van der Waals surface area contributed by atoms with Gasteiger partial charge in [0, 0.05) is 4.47 Å². The molecule has 2 N–H and O–H groups in total. The Labute approximate surface area is 136 Å². The van der Waals surface area contributed by atoms with Crippen molar-refractivity contribution in [2.45, 2.75) is 13.0 Å². The average molecular weight is 364 g/mol. The molecule has 1 heterocycles. The Kier molecular flexibility index (Phi) is 3.94. The minimum absolute atomic E-state index is 0.0569. The van der Waals surface area contributed by atoms with Crippen molar-refractivity contribution in [2.24, 2.45) is 0 Å². The molecule has 1 unspecified atom stereocenters. The van der Waals surface area contributed by atoms with Crippen molar-refractivity contribution < 1.29 is 19.4 Å². The van der Waals surface area contributed by atoms with Gasteiger partial charge < -0.3 is 19.9 Å². The molecule has 5 nitrogen and oxygen atoms in total. The summed E-state index contributed by atoms with van der Waals surface area (Å²) in [5.74, 6) is 0.971. The van der Waals surface area contributed by atoms with Crippen LogP contribution in [0.15, 0.2) is 40.9 Å². The Morgan fingerprint density at radius 3 is 2.82 bits per heavy atom. The van der Waals surface area contributed by atoms with Crippen LogP contribution in [-0.4, -0.2) is 17.8 Å². The number of carbonyl (C=O) groups excluding carboxylic acids is 1. The molecule has 1 aliphatic rings. The number of nitrogens with one attached hydrogen (secondary N) is 1. The largest absolute Gasteiger partial charge is 0.507 e. The second-order valence-electron chi connectivity index (χ2n) is 4.97. The summed E-state index contributed by atoms with van der Waals surface area (Å²) in [6, 6.07) is 10.0. The Hall–Kier alpha value is -2.21. The summed E-state index contributed by atoms with van der Waals surface area (Å²) >= 11 is 3.29. The van der Waals surface area contributed by atoms with E-state index in [0.717, 1.165) is 10.0 Å². The van der Waals surface area contributed by atoms with Crippen LogP contribution in [0, 0.1) is 0 Å². The third kappa shape index (κ3) is 2.87. The zero-order valence-electron chi connectivity index (χ0n) is 11.8. The van der Waals surface area contributed by atoms with E-state index >= 15 is 0 Å². The van der Waals surface area contributed by atoms with E-state index in [1.165, 1.54) is 6.07 Å². The SMILES string of the molecule is CC(NC(=O)c1cc(Br)ccc1O)c1ccc2c(c1)OCO2. The molecule has 1 aliphatic heterocycles. The van der Waals surface area contributed by atoms with Gasteiger partial charge in [0.1, 0.15) is 5.75 Å². The zero-order chi connectivity index (χ0) is 15.7. The van der Waals surface area contributed by atoms with Crippen LogP contribution >= 0.6 is 15.9 Å². The van der Waals surface area contributed by atoms with Crippen LogP contribution < -0.4 is 14.8 Å². The summed E-state index contributed by atoms with van der Waals surface area (Å²) in [7, 11) is 0. The van der Waals surface area contributed by atoms with Gasteiger partial charge in [-0.15, -0.1) is 0 Å². The van der Waals surface area contributed by atoms with Crippen LogP contribution in [0.3, 0.4) is 0 Å². The van der Waals surface area contributed by atoms with Crippen LogP contribution in [-0.2, 0) is 0 Å². The van der Waals surface area contributed by atoms with Gasteiger partial charge >= 0.3 is 0 Å². The summed E-state index contributed by atoms with van der Waals surface area (Å²) in [6.07, 6.45) is 0. The lowest BCUT2D eigenvalue weighted by atomic mass is 10.1. The summed E-state index contributed by atoms with van der Waals surface area (Å²) in [5.41, 5.74) is 1.12. The highest BCUT2D eigenvalue weighted by Crippen LogP contribution is 2.34. The highest BCUT2D eigenvalue weighted by molar-refractivity contribution is 9.10. The number of aromatic hydroxyl groups is 1. The summed E-state index contributed by atoms with van der Waals surface area (Å²) in [4.78, 5) is 12.3.